The quantitative estimate of drug-likeness (QED) is 0.343. The SMILES string of the molecule is CC1=C(c2ccc(C(F)F)cc2)C(c2ccc(OC[C@H](C)N3CCC[C@H]3C)cc2)Oc2c(F)cc(O)cc21. The first kappa shape index (κ1) is 26.2. The van der Waals surface area contributed by atoms with Crippen molar-refractivity contribution in [2.24, 2.45) is 0 Å². The van der Waals surface area contributed by atoms with Gasteiger partial charge in [0.25, 0.3) is 6.43 Å². The fraction of sp³-hybridized carbons (Fsp3) is 0.355. The van der Waals surface area contributed by atoms with Crippen LogP contribution in [0, 0.1) is 5.82 Å². The van der Waals surface area contributed by atoms with Gasteiger partial charge in [0.1, 0.15) is 24.2 Å². The lowest BCUT2D eigenvalue weighted by Crippen LogP contribution is -2.39. The number of fused-ring (bicyclic) bond motifs is 1. The first-order valence-electron chi connectivity index (χ1n) is 13.0. The lowest BCUT2D eigenvalue weighted by molar-refractivity contribution is 0.141. The van der Waals surface area contributed by atoms with Crippen LogP contribution in [0.5, 0.6) is 17.2 Å². The Hall–Kier alpha value is -3.45. The number of hydrogen-bond acceptors (Lipinski definition) is 4. The van der Waals surface area contributed by atoms with Crippen molar-refractivity contribution in [3.8, 4) is 17.2 Å². The first-order valence-corrected chi connectivity index (χ1v) is 13.0. The Balaban J connectivity index is 1.45. The highest BCUT2D eigenvalue weighted by atomic mass is 19.3. The highest BCUT2D eigenvalue weighted by Crippen LogP contribution is 2.48. The number of phenolic OH excluding ortho intramolecular Hbond substituents is 1. The predicted octanol–water partition coefficient (Wildman–Crippen LogP) is 7.78. The van der Waals surface area contributed by atoms with Gasteiger partial charge in [-0.05, 0) is 75.1 Å². The largest absolute Gasteiger partial charge is 0.508 e. The molecule has 2 aliphatic rings. The Morgan fingerprint density at radius 3 is 2.42 bits per heavy atom. The number of hydrogen-bond donors (Lipinski definition) is 1. The molecule has 0 amide bonds. The van der Waals surface area contributed by atoms with E-state index in [0.717, 1.165) is 23.9 Å². The average molecular weight is 524 g/mol. The Morgan fingerprint density at radius 2 is 1.79 bits per heavy atom. The lowest BCUT2D eigenvalue weighted by atomic mass is 9.85. The van der Waals surface area contributed by atoms with Crippen LogP contribution in [0.2, 0.25) is 0 Å². The summed E-state index contributed by atoms with van der Waals surface area (Å²) in [5.41, 5.74) is 3.21. The highest BCUT2D eigenvalue weighted by molar-refractivity contribution is 5.95. The minimum atomic E-state index is -2.58. The molecule has 0 aromatic heterocycles. The van der Waals surface area contributed by atoms with Gasteiger partial charge in [-0.2, -0.15) is 0 Å². The second-order valence-electron chi connectivity index (χ2n) is 10.2. The minimum Gasteiger partial charge on any atom is -0.508 e. The second-order valence-corrected chi connectivity index (χ2v) is 10.2. The summed E-state index contributed by atoms with van der Waals surface area (Å²) in [6, 6.07) is 16.9. The summed E-state index contributed by atoms with van der Waals surface area (Å²) in [6.45, 7) is 7.91. The van der Waals surface area contributed by atoms with Crippen LogP contribution in [0.1, 0.15) is 68.4 Å². The molecule has 1 fully saturated rings. The van der Waals surface area contributed by atoms with Crippen molar-refractivity contribution in [2.75, 3.05) is 13.2 Å². The molecule has 0 radical (unpaired) electrons. The molecule has 1 unspecified atom stereocenters. The van der Waals surface area contributed by atoms with Crippen LogP contribution in [0.4, 0.5) is 13.2 Å². The Morgan fingerprint density at radius 1 is 1.08 bits per heavy atom. The smallest absolute Gasteiger partial charge is 0.263 e. The molecule has 0 aliphatic carbocycles. The zero-order chi connectivity index (χ0) is 27.0. The van der Waals surface area contributed by atoms with Gasteiger partial charge in [0.05, 0.1) is 0 Å². The topological polar surface area (TPSA) is 41.9 Å². The van der Waals surface area contributed by atoms with E-state index in [9.17, 15) is 18.3 Å². The Labute approximate surface area is 221 Å². The number of phenols is 1. The van der Waals surface area contributed by atoms with Gasteiger partial charge in [0.2, 0.25) is 0 Å². The lowest BCUT2D eigenvalue weighted by Gasteiger charge is -2.31. The molecular weight excluding hydrogens is 491 g/mol. The number of ether oxygens (including phenoxy) is 2. The number of halogens is 3. The van der Waals surface area contributed by atoms with Crippen LogP contribution in [-0.2, 0) is 0 Å². The fourth-order valence-corrected chi connectivity index (χ4v) is 5.57. The molecule has 3 aromatic rings. The average Bonchev–Trinajstić information content (AvgIpc) is 3.34. The van der Waals surface area contributed by atoms with Gasteiger partial charge >= 0.3 is 0 Å². The summed E-state index contributed by atoms with van der Waals surface area (Å²) >= 11 is 0. The molecule has 200 valence electrons. The first-order chi connectivity index (χ1) is 18.2. The molecular formula is C31H32F3NO3. The monoisotopic (exact) mass is 523 g/mol. The summed E-state index contributed by atoms with van der Waals surface area (Å²) < 4.78 is 53.5. The summed E-state index contributed by atoms with van der Waals surface area (Å²) in [6.07, 6.45) is -0.833. The number of alkyl halides is 2. The van der Waals surface area contributed by atoms with Crippen molar-refractivity contribution < 1.29 is 27.8 Å². The Bertz CT molecular complexity index is 1320. The van der Waals surface area contributed by atoms with Crippen molar-refractivity contribution in [2.45, 2.75) is 58.2 Å². The molecule has 3 aromatic carbocycles. The van der Waals surface area contributed by atoms with Crippen molar-refractivity contribution in [3.63, 3.8) is 0 Å². The maximum Gasteiger partial charge on any atom is 0.263 e. The third-order valence-corrected chi connectivity index (χ3v) is 7.65. The number of likely N-dealkylation sites (tertiary alicyclic amines) is 1. The highest BCUT2D eigenvalue weighted by Gasteiger charge is 2.32. The van der Waals surface area contributed by atoms with E-state index in [4.69, 9.17) is 9.47 Å². The molecule has 1 saturated heterocycles. The predicted molar refractivity (Wildman–Crippen MR) is 142 cm³/mol. The molecule has 2 aliphatic heterocycles. The molecule has 0 spiro atoms. The molecule has 3 atom stereocenters. The summed E-state index contributed by atoms with van der Waals surface area (Å²) in [5.74, 6) is -0.105. The van der Waals surface area contributed by atoms with E-state index in [-0.39, 0.29) is 17.1 Å². The molecule has 7 heteroatoms. The number of benzene rings is 3. The number of allylic oxidation sites excluding steroid dienone is 1. The maximum atomic E-state index is 14.8. The van der Waals surface area contributed by atoms with Crippen molar-refractivity contribution in [1.82, 2.24) is 4.90 Å². The number of rotatable bonds is 7. The van der Waals surface area contributed by atoms with Crippen LogP contribution in [0.25, 0.3) is 11.1 Å². The molecule has 5 rings (SSSR count). The Kier molecular flexibility index (Phi) is 7.39. The summed E-state index contributed by atoms with van der Waals surface area (Å²) in [5, 5.41) is 10.0. The van der Waals surface area contributed by atoms with Crippen molar-refractivity contribution in [3.05, 3.63) is 88.7 Å². The van der Waals surface area contributed by atoms with Crippen LogP contribution in [-0.4, -0.2) is 35.2 Å². The van der Waals surface area contributed by atoms with E-state index in [0.29, 0.717) is 41.0 Å². The van der Waals surface area contributed by atoms with Crippen LogP contribution < -0.4 is 9.47 Å². The van der Waals surface area contributed by atoms with Gasteiger partial charge in [-0.25, -0.2) is 13.2 Å². The normalized spacial score (nSPS) is 20.4. The van der Waals surface area contributed by atoms with Crippen LogP contribution in [0.15, 0.2) is 60.7 Å². The van der Waals surface area contributed by atoms with Gasteiger partial charge in [0.15, 0.2) is 11.6 Å². The number of aromatic hydroxyl groups is 1. The summed E-state index contributed by atoms with van der Waals surface area (Å²) in [7, 11) is 0. The molecule has 2 heterocycles. The minimum absolute atomic E-state index is 0.0483. The van der Waals surface area contributed by atoms with Gasteiger partial charge in [0, 0.05) is 34.9 Å². The van der Waals surface area contributed by atoms with Crippen LogP contribution >= 0.6 is 0 Å². The molecule has 0 bridgehead atoms. The van der Waals surface area contributed by atoms with Gasteiger partial charge in [-0.1, -0.05) is 36.4 Å². The molecule has 38 heavy (non-hydrogen) atoms. The molecule has 1 N–H and O–H groups in total. The van der Waals surface area contributed by atoms with E-state index in [2.05, 4.69) is 18.7 Å². The van der Waals surface area contributed by atoms with E-state index >= 15 is 0 Å². The van der Waals surface area contributed by atoms with E-state index < -0.39 is 18.3 Å². The van der Waals surface area contributed by atoms with Gasteiger partial charge in [-0.15, -0.1) is 0 Å². The van der Waals surface area contributed by atoms with Crippen molar-refractivity contribution >= 4 is 11.1 Å². The third kappa shape index (κ3) is 5.12. The van der Waals surface area contributed by atoms with E-state index in [1.165, 1.54) is 31.0 Å². The summed E-state index contributed by atoms with van der Waals surface area (Å²) in [4.78, 5) is 2.47. The maximum absolute atomic E-state index is 14.8. The molecule has 4 nitrogen and oxygen atoms in total. The zero-order valence-electron chi connectivity index (χ0n) is 21.8. The molecule has 0 saturated carbocycles. The number of nitrogens with zero attached hydrogens (tertiary/aromatic N) is 1. The van der Waals surface area contributed by atoms with E-state index in [1.54, 1.807) is 12.1 Å². The zero-order valence-corrected chi connectivity index (χ0v) is 21.8. The third-order valence-electron chi connectivity index (χ3n) is 7.65. The second kappa shape index (κ2) is 10.7. The van der Waals surface area contributed by atoms with Gasteiger partial charge < -0.3 is 14.6 Å². The standard InChI is InChI=1S/C31H32F3NO3/c1-18-5-4-14-35(18)19(2)17-37-25-12-10-22(11-13-25)29-28(21-6-8-23(9-7-21)31(33)34)20(3)26-15-24(36)16-27(32)30(26)38-29/h6-13,15-16,18-19,29,31,36H,4-5,14,17H2,1-3H3/t18-,19+,29?/m1/s1. The fourth-order valence-electron chi connectivity index (χ4n) is 5.57. The van der Waals surface area contributed by atoms with Crippen molar-refractivity contribution in [1.29, 1.82) is 0 Å². The van der Waals surface area contributed by atoms with Crippen LogP contribution in [0.3, 0.4) is 0 Å². The van der Waals surface area contributed by atoms with E-state index in [1.807, 2.05) is 31.2 Å². The van der Waals surface area contributed by atoms with Gasteiger partial charge in [-0.3, -0.25) is 4.90 Å².